The molecular weight excluding hydrogens is 396 g/mol. The molecule has 0 amide bonds. The van der Waals surface area contributed by atoms with Gasteiger partial charge in [-0.15, -0.1) is 0 Å². The van der Waals surface area contributed by atoms with E-state index >= 15 is 0 Å². The van der Waals surface area contributed by atoms with Crippen LogP contribution in [0.2, 0.25) is 0 Å². The molecular formula is C19H30N4O3S2. The smallest absolute Gasteiger partial charge is 0.243 e. The maximum atomic E-state index is 13.0. The van der Waals surface area contributed by atoms with E-state index in [9.17, 15) is 8.42 Å². The Hall–Kier alpha value is -1.26. The van der Waals surface area contributed by atoms with Crippen LogP contribution in [0.3, 0.4) is 0 Å². The molecule has 28 heavy (non-hydrogen) atoms. The lowest BCUT2D eigenvalue weighted by molar-refractivity contribution is 0.0389. The van der Waals surface area contributed by atoms with Crippen LogP contribution >= 0.6 is 12.2 Å². The second-order valence-corrected chi connectivity index (χ2v) is 9.59. The molecule has 156 valence electrons. The SMILES string of the molecule is Cc1ccc(NC(=S)NCCN2CCOCC2)cc1S(=O)(=O)N1CCCCC1. The molecule has 7 nitrogen and oxygen atoms in total. The summed E-state index contributed by atoms with van der Waals surface area (Å²) >= 11 is 5.37. The van der Waals surface area contributed by atoms with Gasteiger partial charge in [0.25, 0.3) is 0 Å². The first-order valence-electron chi connectivity index (χ1n) is 9.92. The van der Waals surface area contributed by atoms with E-state index in [1.165, 1.54) is 0 Å². The Labute approximate surface area is 173 Å². The van der Waals surface area contributed by atoms with Gasteiger partial charge in [-0.1, -0.05) is 12.5 Å². The number of benzene rings is 1. The van der Waals surface area contributed by atoms with Crippen molar-refractivity contribution < 1.29 is 13.2 Å². The van der Waals surface area contributed by atoms with Crippen LogP contribution in [-0.4, -0.2) is 75.2 Å². The molecule has 9 heteroatoms. The maximum Gasteiger partial charge on any atom is 0.243 e. The summed E-state index contributed by atoms with van der Waals surface area (Å²) in [6.07, 6.45) is 2.94. The highest BCUT2D eigenvalue weighted by Gasteiger charge is 2.27. The molecule has 2 saturated heterocycles. The lowest BCUT2D eigenvalue weighted by Crippen LogP contribution is -2.42. The van der Waals surface area contributed by atoms with Crippen molar-refractivity contribution in [1.82, 2.24) is 14.5 Å². The number of nitrogens with zero attached hydrogens (tertiary/aromatic N) is 2. The van der Waals surface area contributed by atoms with Crippen molar-refractivity contribution in [3.05, 3.63) is 23.8 Å². The Morgan fingerprint density at radius 1 is 1.14 bits per heavy atom. The Kier molecular flexibility index (Phi) is 7.64. The van der Waals surface area contributed by atoms with Crippen LogP contribution in [0.4, 0.5) is 5.69 Å². The molecule has 0 radical (unpaired) electrons. The van der Waals surface area contributed by atoms with Gasteiger partial charge in [0.15, 0.2) is 5.11 Å². The van der Waals surface area contributed by atoms with Crippen LogP contribution < -0.4 is 10.6 Å². The highest BCUT2D eigenvalue weighted by molar-refractivity contribution is 7.89. The normalized spacial score (nSPS) is 19.3. The molecule has 2 N–H and O–H groups in total. The second kappa shape index (κ2) is 9.98. The zero-order valence-electron chi connectivity index (χ0n) is 16.4. The molecule has 0 aromatic heterocycles. The van der Waals surface area contributed by atoms with Crippen LogP contribution in [0.25, 0.3) is 0 Å². The third-order valence-electron chi connectivity index (χ3n) is 5.20. The fraction of sp³-hybridized carbons (Fsp3) is 0.632. The summed E-state index contributed by atoms with van der Waals surface area (Å²) in [4.78, 5) is 2.68. The minimum atomic E-state index is -3.47. The highest BCUT2D eigenvalue weighted by Crippen LogP contribution is 2.26. The molecule has 0 saturated carbocycles. The predicted octanol–water partition coefficient (Wildman–Crippen LogP) is 1.79. The molecule has 2 aliphatic heterocycles. The average molecular weight is 427 g/mol. The second-order valence-electron chi connectivity index (χ2n) is 7.28. The molecule has 2 fully saturated rings. The number of sulfonamides is 1. The van der Waals surface area contributed by atoms with Crippen molar-refractivity contribution in [3.8, 4) is 0 Å². The summed E-state index contributed by atoms with van der Waals surface area (Å²) in [5.41, 5.74) is 1.44. The summed E-state index contributed by atoms with van der Waals surface area (Å²) in [5, 5.41) is 6.81. The summed E-state index contributed by atoms with van der Waals surface area (Å²) in [6, 6.07) is 5.38. The van der Waals surface area contributed by atoms with Crippen LogP contribution in [-0.2, 0) is 14.8 Å². The number of hydrogen-bond donors (Lipinski definition) is 2. The van der Waals surface area contributed by atoms with Gasteiger partial charge >= 0.3 is 0 Å². The standard InChI is InChI=1S/C19H30N4O3S2/c1-16-5-6-17(15-18(16)28(24,25)23-8-3-2-4-9-23)21-19(27)20-7-10-22-11-13-26-14-12-22/h5-6,15H,2-4,7-14H2,1H3,(H2,20,21,27). The zero-order valence-corrected chi connectivity index (χ0v) is 18.1. The number of rotatable bonds is 6. The lowest BCUT2D eigenvalue weighted by atomic mass is 10.2. The number of aryl methyl sites for hydroxylation is 1. The van der Waals surface area contributed by atoms with Gasteiger partial charge in [-0.25, -0.2) is 8.42 Å². The van der Waals surface area contributed by atoms with Crippen molar-refractivity contribution >= 4 is 33.0 Å². The highest BCUT2D eigenvalue weighted by atomic mass is 32.2. The maximum absolute atomic E-state index is 13.0. The lowest BCUT2D eigenvalue weighted by Gasteiger charge is -2.27. The Morgan fingerprint density at radius 3 is 2.57 bits per heavy atom. The van der Waals surface area contributed by atoms with Crippen LogP contribution in [0.15, 0.2) is 23.1 Å². The van der Waals surface area contributed by atoms with E-state index in [0.717, 1.165) is 64.2 Å². The third-order valence-corrected chi connectivity index (χ3v) is 7.48. The van der Waals surface area contributed by atoms with Gasteiger partial charge in [-0.05, 0) is 49.7 Å². The minimum absolute atomic E-state index is 0.357. The number of thiocarbonyl (C=S) groups is 1. The first-order valence-corrected chi connectivity index (χ1v) is 11.8. The molecule has 0 bridgehead atoms. The fourth-order valence-corrected chi connectivity index (χ4v) is 5.52. The van der Waals surface area contributed by atoms with E-state index in [2.05, 4.69) is 15.5 Å². The molecule has 2 aliphatic rings. The van der Waals surface area contributed by atoms with Crippen molar-refractivity contribution in [1.29, 1.82) is 0 Å². The molecule has 0 unspecified atom stereocenters. The Morgan fingerprint density at radius 2 is 1.86 bits per heavy atom. The first-order chi connectivity index (χ1) is 13.5. The largest absolute Gasteiger partial charge is 0.379 e. The van der Waals surface area contributed by atoms with Gasteiger partial charge in [-0.2, -0.15) is 4.31 Å². The Bertz CT molecular complexity index is 773. The number of piperidine rings is 1. The van der Waals surface area contributed by atoms with Gasteiger partial charge in [0.05, 0.1) is 18.1 Å². The quantitative estimate of drug-likeness (QED) is 0.672. The van der Waals surface area contributed by atoms with E-state index in [0.29, 0.717) is 28.8 Å². The van der Waals surface area contributed by atoms with Crippen LogP contribution in [0.5, 0.6) is 0 Å². The van der Waals surface area contributed by atoms with E-state index in [1.54, 1.807) is 10.4 Å². The van der Waals surface area contributed by atoms with Gasteiger partial charge in [0.1, 0.15) is 0 Å². The summed E-state index contributed by atoms with van der Waals surface area (Å²) in [5.74, 6) is 0. The molecule has 2 heterocycles. The number of ether oxygens (including phenoxy) is 1. The van der Waals surface area contributed by atoms with Gasteiger partial charge < -0.3 is 15.4 Å². The minimum Gasteiger partial charge on any atom is -0.379 e. The molecule has 3 rings (SSSR count). The topological polar surface area (TPSA) is 73.9 Å². The molecule has 0 atom stereocenters. The van der Waals surface area contributed by atoms with Crippen LogP contribution in [0.1, 0.15) is 24.8 Å². The molecule has 0 aliphatic carbocycles. The van der Waals surface area contributed by atoms with Crippen molar-refractivity contribution in [3.63, 3.8) is 0 Å². The van der Waals surface area contributed by atoms with E-state index in [4.69, 9.17) is 17.0 Å². The average Bonchev–Trinajstić information content (AvgIpc) is 2.71. The number of nitrogens with one attached hydrogen (secondary N) is 2. The first kappa shape index (κ1) is 21.4. The third kappa shape index (κ3) is 5.64. The summed E-state index contributed by atoms with van der Waals surface area (Å²) in [6.45, 7) is 8.10. The van der Waals surface area contributed by atoms with E-state index in [1.807, 2.05) is 19.1 Å². The predicted molar refractivity (Wildman–Crippen MR) is 115 cm³/mol. The Balaban J connectivity index is 1.58. The van der Waals surface area contributed by atoms with Crippen molar-refractivity contribution in [2.45, 2.75) is 31.1 Å². The van der Waals surface area contributed by atoms with Crippen molar-refractivity contribution in [2.24, 2.45) is 0 Å². The molecule has 0 spiro atoms. The molecule has 1 aromatic rings. The van der Waals surface area contributed by atoms with Gasteiger partial charge in [0.2, 0.25) is 10.0 Å². The van der Waals surface area contributed by atoms with Gasteiger partial charge in [0, 0.05) is 45.0 Å². The zero-order chi connectivity index (χ0) is 20.0. The summed E-state index contributed by atoms with van der Waals surface area (Å²) < 4.78 is 33.0. The molecule has 1 aromatic carbocycles. The fourth-order valence-electron chi connectivity index (χ4n) is 3.53. The number of anilines is 1. The number of morpholine rings is 1. The van der Waals surface area contributed by atoms with Gasteiger partial charge in [-0.3, -0.25) is 4.90 Å². The van der Waals surface area contributed by atoms with Crippen molar-refractivity contribution in [2.75, 3.05) is 57.8 Å². The van der Waals surface area contributed by atoms with E-state index in [-0.39, 0.29) is 0 Å². The van der Waals surface area contributed by atoms with E-state index < -0.39 is 10.0 Å². The van der Waals surface area contributed by atoms with Crippen LogP contribution in [0, 0.1) is 6.92 Å². The summed E-state index contributed by atoms with van der Waals surface area (Å²) in [7, 11) is -3.47. The monoisotopic (exact) mass is 426 g/mol. The number of hydrogen-bond acceptors (Lipinski definition) is 5.